The maximum Gasteiger partial charge on any atom is 0.238 e. The molecule has 0 aliphatic carbocycles. The minimum Gasteiger partial charge on any atom is -0.278 e. The standard InChI is InChI=1S/C18H16N4/c1-11-8-9-17-15(10-11)14-6-4-5-7-16(14)22(17)18-20-12(2)19-13(3)21-18/h4-10H,1-3H3. The first-order valence-corrected chi connectivity index (χ1v) is 7.33. The summed E-state index contributed by atoms with van der Waals surface area (Å²) >= 11 is 0. The Bertz CT molecular complexity index is 994. The number of hydrogen-bond donors (Lipinski definition) is 0. The van der Waals surface area contributed by atoms with Crippen LogP contribution >= 0.6 is 0 Å². The predicted molar refractivity (Wildman–Crippen MR) is 88.4 cm³/mol. The third-order valence-electron chi connectivity index (χ3n) is 3.88. The fourth-order valence-corrected chi connectivity index (χ4v) is 3.00. The molecule has 2 aromatic carbocycles. The zero-order chi connectivity index (χ0) is 15.3. The van der Waals surface area contributed by atoms with Crippen molar-refractivity contribution in [3.63, 3.8) is 0 Å². The van der Waals surface area contributed by atoms with Crippen LogP contribution < -0.4 is 0 Å². The molecule has 0 radical (unpaired) electrons. The first-order chi connectivity index (χ1) is 10.6. The van der Waals surface area contributed by atoms with Crippen LogP contribution in [0.3, 0.4) is 0 Å². The van der Waals surface area contributed by atoms with Crippen LogP contribution in [0.15, 0.2) is 42.5 Å². The van der Waals surface area contributed by atoms with Crippen molar-refractivity contribution in [3.8, 4) is 5.95 Å². The summed E-state index contributed by atoms with van der Waals surface area (Å²) in [6.07, 6.45) is 0. The average molecular weight is 288 g/mol. The molecule has 0 atom stereocenters. The van der Waals surface area contributed by atoms with Gasteiger partial charge in [-0.2, -0.15) is 9.97 Å². The molecule has 4 nitrogen and oxygen atoms in total. The minimum absolute atomic E-state index is 0.681. The molecule has 0 aliphatic rings. The zero-order valence-corrected chi connectivity index (χ0v) is 12.8. The Labute approximate surface area is 128 Å². The van der Waals surface area contributed by atoms with Crippen molar-refractivity contribution in [1.29, 1.82) is 0 Å². The predicted octanol–water partition coefficient (Wildman–Crippen LogP) is 3.89. The van der Waals surface area contributed by atoms with Gasteiger partial charge in [-0.05, 0) is 39.0 Å². The molecule has 4 heteroatoms. The lowest BCUT2D eigenvalue weighted by molar-refractivity contribution is 0.864. The van der Waals surface area contributed by atoms with Gasteiger partial charge in [-0.1, -0.05) is 29.8 Å². The molecule has 0 fully saturated rings. The molecule has 108 valence electrons. The third-order valence-corrected chi connectivity index (χ3v) is 3.88. The molecule has 22 heavy (non-hydrogen) atoms. The van der Waals surface area contributed by atoms with E-state index in [-0.39, 0.29) is 0 Å². The van der Waals surface area contributed by atoms with E-state index >= 15 is 0 Å². The zero-order valence-electron chi connectivity index (χ0n) is 12.8. The van der Waals surface area contributed by atoms with E-state index in [4.69, 9.17) is 0 Å². The molecule has 4 aromatic rings. The molecular weight excluding hydrogens is 272 g/mol. The second-order valence-electron chi connectivity index (χ2n) is 5.60. The van der Waals surface area contributed by atoms with Crippen molar-refractivity contribution < 1.29 is 0 Å². The van der Waals surface area contributed by atoms with E-state index < -0.39 is 0 Å². The smallest absolute Gasteiger partial charge is 0.238 e. The highest BCUT2D eigenvalue weighted by atomic mass is 15.2. The molecule has 0 saturated carbocycles. The summed E-state index contributed by atoms with van der Waals surface area (Å²) in [5.41, 5.74) is 3.49. The van der Waals surface area contributed by atoms with Gasteiger partial charge in [-0.25, -0.2) is 4.98 Å². The van der Waals surface area contributed by atoms with Crippen molar-refractivity contribution in [2.24, 2.45) is 0 Å². The lowest BCUT2D eigenvalue weighted by Gasteiger charge is -2.07. The molecule has 0 bridgehead atoms. The molecule has 0 aliphatic heterocycles. The van der Waals surface area contributed by atoms with E-state index in [0.29, 0.717) is 5.95 Å². The van der Waals surface area contributed by atoms with Crippen LogP contribution in [0.25, 0.3) is 27.8 Å². The van der Waals surface area contributed by atoms with Crippen molar-refractivity contribution in [1.82, 2.24) is 19.5 Å². The first kappa shape index (κ1) is 13.0. The van der Waals surface area contributed by atoms with Gasteiger partial charge in [0.1, 0.15) is 11.6 Å². The molecule has 0 N–H and O–H groups in total. The summed E-state index contributed by atoms with van der Waals surface area (Å²) in [4.78, 5) is 13.4. The molecule has 2 heterocycles. The van der Waals surface area contributed by atoms with Crippen LogP contribution in [0.5, 0.6) is 0 Å². The summed E-state index contributed by atoms with van der Waals surface area (Å²) in [7, 11) is 0. The summed E-state index contributed by atoms with van der Waals surface area (Å²) < 4.78 is 2.12. The van der Waals surface area contributed by atoms with Crippen LogP contribution in [0.4, 0.5) is 0 Å². The van der Waals surface area contributed by atoms with E-state index in [0.717, 1.165) is 22.7 Å². The van der Waals surface area contributed by atoms with E-state index in [9.17, 15) is 0 Å². The highest BCUT2D eigenvalue weighted by molar-refractivity contribution is 6.09. The second kappa shape index (κ2) is 4.63. The van der Waals surface area contributed by atoms with E-state index in [1.165, 1.54) is 16.3 Å². The van der Waals surface area contributed by atoms with Gasteiger partial charge in [0, 0.05) is 10.8 Å². The van der Waals surface area contributed by atoms with Gasteiger partial charge in [0.2, 0.25) is 5.95 Å². The van der Waals surface area contributed by atoms with Crippen molar-refractivity contribution in [2.75, 3.05) is 0 Å². The van der Waals surface area contributed by atoms with Crippen molar-refractivity contribution in [2.45, 2.75) is 20.8 Å². The van der Waals surface area contributed by atoms with Crippen LogP contribution in [0, 0.1) is 20.8 Å². The Morgan fingerprint density at radius 3 is 2.18 bits per heavy atom. The van der Waals surface area contributed by atoms with Gasteiger partial charge in [0.15, 0.2) is 0 Å². The second-order valence-corrected chi connectivity index (χ2v) is 5.60. The number of hydrogen-bond acceptors (Lipinski definition) is 3. The van der Waals surface area contributed by atoms with Gasteiger partial charge >= 0.3 is 0 Å². The van der Waals surface area contributed by atoms with E-state index in [2.05, 4.69) is 62.8 Å². The molecule has 0 amide bonds. The number of rotatable bonds is 1. The van der Waals surface area contributed by atoms with Gasteiger partial charge in [0.25, 0.3) is 0 Å². The maximum atomic E-state index is 4.54. The Morgan fingerprint density at radius 1 is 0.727 bits per heavy atom. The lowest BCUT2D eigenvalue weighted by Crippen LogP contribution is -2.05. The number of aromatic nitrogens is 4. The van der Waals surface area contributed by atoms with Crippen molar-refractivity contribution in [3.05, 3.63) is 59.7 Å². The number of benzene rings is 2. The quantitative estimate of drug-likeness (QED) is 0.533. The molecule has 4 rings (SSSR count). The molecule has 0 spiro atoms. The Hall–Kier alpha value is -2.75. The summed E-state index contributed by atoms with van der Waals surface area (Å²) in [6, 6.07) is 14.9. The van der Waals surface area contributed by atoms with Crippen LogP contribution in [-0.4, -0.2) is 19.5 Å². The van der Waals surface area contributed by atoms with Crippen LogP contribution in [0.2, 0.25) is 0 Å². The Morgan fingerprint density at radius 2 is 1.41 bits per heavy atom. The molecular formula is C18H16N4. The monoisotopic (exact) mass is 288 g/mol. The summed E-state index contributed by atoms with van der Waals surface area (Å²) in [6.45, 7) is 5.91. The fraction of sp³-hybridized carbons (Fsp3) is 0.167. The van der Waals surface area contributed by atoms with Crippen LogP contribution in [0.1, 0.15) is 17.2 Å². The summed E-state index contributed by atoms with van der Waals surface area (Å²) in [5.74, 6) is 2.15. The fourth-order valence-electron chi connectivity index (χ4n) is 3.00. The topological polar surface area (TPSA) is 43.6 Å². The molecule has 0 saturated heterocycles. The number of para-hydroxylation sites is 1. The molecule has 0 unspecified atom stereocenters. The normalized spacial score (nSPS) is 11.4. The van der Waals surface area contributed by atoms with Gasteiger partial charge in [0.05, 0.1) is 11.0 Å². The maximum absolute atomic E-state index is 4.54. The highest BCUT2D eigenvalue weighted by Crippen LogP contribution is 2.31. The average Bonchev–Trinajstić information content (AvgIpc) is 2.80. The number of nitrogens with zero attached hydrogens (tertiary/aromatic N) is 4. The van der Waals surface area contributed by atoms with Crippen LogP contribution in [-0.2, 0) is 0 Å². The highest BCUT2D eigenvalue weighted by Gasteiger charge is 2.14. The van der Waals surface area contributed by atoms with E-state index in [1.807, 2.05) is 19.9 Å². The lowest BCUT2D eigenvalue weighted by atomic mass is 10.1. The van der Waals surface area contributed by atoms with Crippen molar-refractivity contribution >= 4 is 21.8 Å². The Balaban J connectivity index is 2.19. The first-order valence-electron chi connectivity index (χ1n) is 7.33. The molecule has 2 aromatic heterocycles. The third kappa shape index (κ3) is 1.88. The SMILES string of the molecule is Cc1ccc2c(c1)c1ccccc1n2-c1nc(C)nc(C)n1. The Kier molecular flexibility index (Phi) is 2.73. The number of aryl methyl sites for hydroxylation is 3. The number of fused-ring (bicyclic) bond motifs is 3. The van der Waals surface area contributed by atoms with E-state index in [1.54, 1.807) is 0 Å². The van der Waals surface area contributed by atoms with Gasteiger partial charge < -0.3 is 0 Å². The largest absolute Gasteiger partial charge is 0.278 e. The van der Waals surface area contributed by atoms with Gasteiger partial charge in [-0.15, -0.1) is 0 Å². The summed E-state index contributed by atoms with van der Waals surface area (Å²) in [5, 5.41) is 2.45. The minimum atomic E-state index is 0.681. The van der Waals surface area contributed by atoms with Gasteiger partial charge in [-0.3, -0.25) is 4.57 Å².